The lowest BCUT2D eigenvalue weighted by Crippen LogP contribution is -2.17. The summed E-state index contributed by atoms with van der Waals surface area (Å²) in [7, 11) is 0. The number of nitrogens with two attached hydrogens (primary N) is 2. The fourth-order valence-electron chi connectivity index (χ4n) is 2.24. The van der Waals surface area contributed by atoms with Gasteiger partial charge in [0, 0.05) is 23.4 Å². The molecular formula is C16H18N2O3. The fraction of sp³-hybridized carbons (Fsp3) is 0.188. The normalized spacial score (nSPS) is 12.1. The summed E-state index contributed by atoms with van der Waals surface area (Å²) in [5.41, 5.74) is 15.8. The summed E-state index contributed by atoms with van der Waals surface area (Å²) in [4.78, 5) is 10.7. The maximum Gasteiger partial charge on any atom is 0.150 e. The van der Waals surface area contributed by atoms with Gasteiger partial charge in [0.05, 0.1) is 12.7 Å². The first-order valence-electron chi connectivity index (χ1n) is 6.57. The average Bonchev–Trinajstić information content (AvgIpc) is 2.49. The molecule has 110 valence electrons. The van der Waals surface area contributed by atoms with E-state index in [1.54, 1.807) is 36.4 Å². The van der Waals surface area contributed by atoms with Crippen LogP contribution in [0.25, 0.3) is 11.1 Å². The number of rotatable bonds is 5. The van der Waals surface area contributed by atoms with E-state index in [0.717, 1.165) is 23.0 Å². The highest BCUT2D eigenvalue weighted by Crippen LogP contribution is 2.31. The number of hydrogen-bond acceptors (Lipinski definition) is 5. The molecule has 0 fully saturated rings. The van der Waals surface area contributed by atoms with Gasteiger partial charge in [0.2, 0.25) is 0 Å². The minimum atomic E-state index is -0.885. The van der Waals surface area contributed by atoms with E-state index in [4.69, 9.17) is 16.6 Å². The highest BCUT2D eigenvalue weighted by atomic mass is 16.3. The third-order valence-electron chi connectivity index (χ3n) is 3.32. The van der Waals surface area contributed by atoms with E-state index in [0.29, 0.717) is 16.9 Å². The van der Waals surface area contributed by atoms with Crippen molar-refractivity contribution in [1.82, 2.24) is 0 Å². The summed E-state index contributed by atoms with van der Waals surface area (Å²) >= 11 is 0. The van der Waals surface area contributed by atoms with Crippen LogP contribution in [0.4, 0.5) is 11.4 Å². The molecule has 2 aromatic carbocycles. The van der Waals surface area contributed by atoms with Gasteiger partial charge in [0.15, 0.2) is 0 Å². The van der Waals surface area contributed by atoms with Crippen molar-refractivity contribution in [2.24, 2.45) is 0 Å². The maximum absolute atomic E-state index is 10.7. The molecular weight excluding hydrogens is 268 g/mol. The number of benzene rings is 2. The van der Waals surface area contributed by atoms with Crippen molar-refractivity contribution in [2.45, 2.75) is 12.5 Å². The number of carbonyl (C=O) groups is 1. The molecule has 6 N–H and O–H groups in total. The molecule has 0 aliphatic rings. The van der Waals surface area contributed by atoms with Gasteiger partial charge in [-0.05, 0) is 28.8 Å². The molecule has 1 unspecified atom stereocenters. The summed E-state index contributed by atoms with van der Waals surface area (Å²) in [6, 6.07) is 10.4. The third kappa shape index (κ3) is 3.39. The van der Waals surface area contributed by atoms with Crippen molar-refractivity contribution in [3.8, 4) is 11.1 Å². The minimum Gasteiger partial charge on any atom is -0.399 e. The van der Waals surface area contributed by atoms with Crippen LogP contribution in [0.1, 0.15) is 15.9 Å². The first kappa shape index (κ1) is 15.0. The van der Waals surface area contributed by atoms with Crippen LogP contribution < -0.4 is 11.5 Å². The van der Waals surface area contributed by atoms with Crippen molar-refractivity contribution in [1.29, 1.82) is 0 Å². The number of hydrogen-bond donors (Lipinski definition) is 4. The SMILES string of the molecule is Nc1cc(N)c(CC(O)CO)c(-c2ccc(C=O)cc2)c1. The Morgan fingerprint density at radius 1 is 1.14 bits per heavy atom. The number of aliphatic hydroxyl groups is 2. The minimum absolute atomic E-state index is 0.230. The van der Waals surface area contributed by atoms with E-state index in [1.807, 2.05) is 0 Å². The zero-order valence-electron chi connectivity index (χ0n) is 11.5. The molecule has 0 radical (unpaired) electrons. The molecule has 2 aromatic rings. The maximum atomic E-state index is 10.7. The first-order chi connectivity index (χ1) is 10.0. The molecule has 0 saturated carbocycles. The lowest BCUT2D eigenvalue weighted by atomic mass is 9.93. The predicted octanol–water partition coefficient (Wildman–Crippen LogP) is 1.23. The molecule has 0 aliphatic carbocycles. The van der Waals surface area contributed by atoms with Gasteiger partial charge in [-0.2, -0.15) is 0 Å². The van der Waals surface area contributed by atoms with Crippen LogP contribution in [-0.2, 0) is 6.42 Å². The van der Waals surface area contributed by atoms with Gasteiger partial charge in [0.1, 0.15) is 6.29 Å². The van der Waals surface area contributed by atoms with Crippen molar-refractivity contribution in [3.63, 3.8) is 0 Å². The van der Waals surface area contributed by atoms with Gasteiger partial charge in [-0.15, -0.1) is 0 Å². The summed E-state index contributed by atoms with van der Waals surface area (Å²) in [5, 5.41) is 18.7. The number of anilines is 2. The van der Waals surface area contributed by atoms with Crippen molar-refractivity contribution in [2.75, 3.05) is 18.1 Å². The standard InChI is InChI=1S/C16H18N2O3/c17-12-5-14(11-3-1-10(8-19)2-4-11)15(16(18)6-12)7-13(21)9-20/h1-6,8,13,20-21H,7,9,17-18H2. The summed E-state index contributed by atoms with van der Waals surface area (Å²) < 4.78 is 0. The van der Waals surface area contributed by atoms with Gasteiger partial charge >= 0.3 is 0 Å². The van der Waals surface area contributed by atoms with E-state index >= 15 is 0 Å². The van der Waals surface area contributed by atoms with Gasteiger partial charge < -0.3 is 21.7 Å². The third-order valence-corrected chi connectivity index (χ3v) is 3.32. The van der Waals surface area contributed by atoms with E-state index in [1.165, 1.54) is 0 Å². The zero-order valence-corrected chi connectivity index (χ0v) is 11.5. The second kappa shape index (κ2) is 6.39. The van der Waals surface area contributed by atoms with Crippen LogP contribution in [0.2, 0.25) is 0 Å². The molecule has 21 heavy (non-hydrogen) atoms. The Kier molecular flexibility index (Phi) is 4.57. The number of nitrogen functional groups attached to an aromatic ring is 2. The molecule has 0 heterocycles. The quantitative estimate of drug-likeness (QED) is 0.488. The predicted molar refractivity (Wildman–Crippen MR) is 82.9 cm³/mol. The summed E-state index contributed by atoms with van der Waals surface area (Å²) in [6.07, 6.45) is 0.116. The van der Waals surface area contributed by atoms with E-state index in [-0.39, 0.29) is 13.0 Å². The summed E-state index contributed by atoms with van der Waals surface area (Å²) in [5.74, 6) is 0. The lowest BCUT2D eigenvalue weighted by molar-refractivity contribution is 0.0957. The summed E-state index contributed by atoms with van der Waals surface area (Å²) in [6.45, 7) is -0.340. The second-order valence-electron chi connectivity index (χ2n) is 4.92. The Labute approximate surface area is 122 Å². The van der Waals surface area contributed by atoms with Crippen LogP contribution in [0, 0.1) is 0 Å². The topological polar surface area (TPSA) is 110 Å². The molecule has 5 nitrogen and oxygen atoms in total. The molecule has 2 rings (SSSR count). The first-order valence-corrected chi connectivity index (χ1v) is 6.57. The highest BCUT2D eigenvalue weighted by Gasteiger charge is 2.14. The molecule has 0 amide bonds. The molecule has 5 heteroatoms. The van der Waals surface area contributed by atoms with Crippen LogP contribution in [0.3, 0.4) is 0 Å². The van der Waals surface area contributed by atoms with Crippen molar-refractivity contribution >= 4 is 17.7 Å². The Morgan fingerprint density at radius 3 is 2.38 bits per heavy atom. The Bertz CT molecular complexity index is 639. The molecule has 0 saturated heterocycles. The monoisotopic (exact) mass is 286 g/mol. The van der Waals surface area contributed by atoms with Gasteiger partial charge in [0.25, 0.3) is 0 Å². The van der Waals surface area contributed by atoms with Crippen LogP contribution >= 0.6 is 0 Å². The van der Waals surface area contributed by atoms with Crippen molar-refractivity contribution in [3.05, 3.63) is 47.5 Å². The van der Waals surface area contributed by atoms with E-state index in [2.05, 4.69) is 0 Å². The van der Waals surface area contributed by atoms with Crippen LogP contribution in [0.5, 0.6) is 0 Å². The van der Waals surface area contributed by atoms with Crippen molar-refractivity contribution < 1.29 is 15.0 Å². The van der Waals surface area contributed by atoms with E-state index < -0.39 is 6.10 Å². The number of carbonyl (C=O) groups excluding carboxylic acids is 1. The van der Waals surface area contributed by atoms with E-state index in [9.17, 15) is 9.90 Å². The molecule has 0 aliphatic heterocycles. The molecule has 0 bridgehead atoms. The fourth-order valence-corrected chi connectivity index (χ4v) is 2.24. The largest absolute Gasteiger partial charge is 0.399 e. The Hall–Kier alpha value is -2.37. The average molecular weight is 286 g/mol. The van der Waals surface area contributed by atoms with Gasteiger partial charge in [-0.3, -0.25) is 4.79 Å². The van der Waals surface area contributed by atoms with Gasteiger partial charge in [-0.25, -0.2) is 0 Å². The second-order valence-corrected chi connectivity index (χ2v) is 4.92. The van der Waals surface area contributed by atoms with Crippen LogP contribution in [-0.4, -0.2) is 29.2 Å². The molecule has 0 aromatic heterocycles. The lowest BCUT2D eigenvalue weighted by Gasteiger charge is -2.16. The number of aldehydes is 1. The molecule has 0 spiro atoms. The van der Waals surface area contributed by atoms with Crippen LogP contribution in [0.15, 0.2) is 36.4 Å². The molecule has 1 atom stereocenters. The smallest absolute Gasteiger partial charge is 0.150 e. The Morgan fingerprint density at radius 2 is 1.81 bits per heavy atom. The zero-order chi connectivity index (χ0) is 15.4. The number of aliphatic hydroxyl groups excluding tert-OH is 2. The Balaban J connectivity index is 2.51. The van der Waals surface area contributed by atoms with Gasteiger partial charge in [-0.1, -0.05) is 24.3 Å². The highest BCUT2D eigenvalue weighted by molar-refractivity contribution is 5.80.